The monoisotopic (exact) mass is 535 g/mol. The highest BCUT2D eigenvalue weighted by molar-refractivity contribution is 6.11. The summed E-state index contributed by atoms with van der Waals surface area (Å²) >= 11 is 0. The van der Waals surface area contributed by atoms with Crippen molar-refractivity contribution >= 4 is 32.6 Å². The van der Waals surface area contributed by atoms with Gasteiger partial charge < -0.3 is 9.30 Å². The van der Waals surface area contributed by atoms with Gasteiger partial charge in [-0.1, -0.05) is 97.1 Å². The van der Waals surface area contributed by atoms with Crippen LogP contribution in [0.25, 0.3) is 71.6 Å². The number of fused-ring (bicyclic) bond motifs is 5. The molecule has 8 aromatic rings. The second-order valence-electron chi connectivity index (χ2n) is 11.0. The van der Waals surface area contributed by atoms with Crippen LogP contribution in [0, 0.1) is 0 Å². The van der Waals surface area contributed by atoms with Crippen molar-refractivity contribution in [2.45, 2.75) is 0 Å². The van der Waals surface area contributed by atoms with Crippen LogP contribution in [0.3, 0.4) is 0 Å². The normalized spacial score (nSPS) is 12.0. The quantitative estimate of drug-likeness (QED) is 0.219. The number of benzene rings is 7. The molecule has 0 bridgehead atoms. The number of nitrogens with zero attached hydrogens (tertiary/aromatic N) is 1. The van der Waals surface area contributed by atoms with Gasteiger partial charge in [0.25, 0.3) is 0 Å². The van der Waals surface area contributed by atoms with Crippen molar-refractivity contribution in [3.8, 4) is 50.6 Å². The van der Waals surface area contributed by atoms with E-state index in [-0.39, 0.29) is 0 Å². The predicted octanol–water partition coefficient (Wildman–Crippen LogP) is 11.0. The van der Waals surface area contributed by atoms with Crippen molar-refractivity contribution in [1.82, 2.24) is 4.57 Å². The summed E-state index contributed by atoms with van der Waals surface area (Å²) in [5, 5.41) is 4.87. The highest BCUT2D eigenvalue weighted by Gasteiger charge is 2.21. The van der Waals surface area contributed by atoms with Gasteiger partial charge in [-0.15, -0.1) is 0 Å². The molecule has 2 heterocycles. The molecule has 0 saturated carbocycles. The van der Waals surface area contributed by atoms with Crippen LogP contribution in [0.5, 0.6) is 11.5 Å². The van der Waals surface area contributed by atoms with Crippen molar-refractivity contribution in [3.63, 3.8) is 0 Å². The van der Waals surface area contributed by atoms with Crippen LogP contribution in [0.15, 0.2) is 152 Å². The fourth-order valence-corrected chi connectivity index (χ4v) is 6.62. The van der Waals surface area contributed by atoms with E-state index < -0.39 is 0 Å². The Balaban J connectivity index is 1.23. The molecule has 0 unspecified atom stereocenters. The van der Waals surface area contributed by atoms with E-state index in [1.54, 1.807) is 0 Å². The van der Waals surface area contributed by atoms with E-state index in [4.69, 9.17) is 4.74 Å². The molecule has 42 heavy (non-hydrogen) atoms. The number of aromatic nitrogens is 1. The smallest absolute Gasteiger partial charge is 0.135 e. The van der Waals surface area contributed by atoms with E-state index in [1.807, 2.05) is 6.07 Å². The van der Waals surface area contributed by atoms with Crippen molar-refractivity contribution in [2.24, 2.45) is 0 Å². The summed E-state index contributed by atoms with van der Waals surface area (Å²) in [5.41, 5.74) is 10.8. The van der Waals surface area contributed by atoms with Crippen molar-refractivity contribution < 1.29 is 4.74 Å². The number of hydrogen-bond donors (Lipinski definition) is 0. The third-order valence-electron chi connectivity index (χ3n) is 8.57. The molecule has 0 amide bonds. The van der Waals surface area contributed by atoms with Gasteiger partial charge in [0.05, 0.1) is 11.0 Å². The molecule has 0 saturated heterocycles. The van der Waals surface area contributed by atoms with Crippen molar-refractivity contribution in [3.05, 3.63) is 152 Å². The Bertz CT molecular complexity index is 2310. The highest BCUT2D eigenvalue weighted by atomic mass is 16.5. The molecule has 0 fully saturated rings. The van der Waals surface area contributed by atoms with Gasteiger partial charge in [-0.3, -0.25) is 0 Å². The molecule has 1 aromatic heterocycles. The predicted molar refractivity (Wildman–Crippen MR) is 175 cm³/mol. The molecule has 0 N–H and O–H groups in total. The second kappa shape index (κ2) is 8.95. The second-order valence-corrected chi connectivity index (χ2v) is 11.0. The lowest BCUT2D eigenvalue weighted by atomic mass is 9.90. The van der Waals surface area contributed by atoms with Crippen LogP contribution in [0.4, 0.5) is 0 Å². The summed E-state index contributed by atoms with van der Waals surface area (Å²) < 4.78 is 8.66. The van der Waals surface area contributed by atoms with Crippen LogP contribution in [-0.2, 0) is 0 Å². The van der Waals surface area contributed by atoms with Gasteiger partial charge in [0.15, 0.2) is 0 Å². The summed E-state index contributed by atoms with van der Waals surface area (Å²) in [6, 6.07) is 54.3. The molecule has 0 atom stereocenters. The van der Waals surface area contributed by atoms with E-state index in [0.29, 0.717) is 0 Å². The average molecular weight is 536 g/mol. The first-order valence-electron chi connectivity index (χ1n) is 14.4. The van der Waals surface area contributed by atoms with E-state index in [9.17, 15) is 0 Å². The summed E-state index contributed by atoms with van der Waals surface area (Å²) in [4.78, 5) is 0. The number of ether oxygens (including phenoxy) is 1. The average Bonchev–Trinajstić information content (AvgIpc) is 3.39. The van der Waals surface area contributed by atoms with E-state index >= 15 is 0 Å². The Morgan fingerprint density at radius 2 is 1.12 bits per heavy atom. The van der Waals surface area contributed by atoms with Gasteiger partial charge in [-0.05, 0) is 87.8 Å². The van der Waals surface area contributed by atoms with Crippen LogP contribution in [0.2, 0.25) is 0 Å². The molecular formula is C40H25NO. The van der Waals surface area contributed by atoms with E-state index in [0.717, 1.165) is 22.7 Å². The Kier molecular flexibility index (Phi) is 4.93. The Morgan fingerprint density at radius 1 is 0.405 bits per heavy atom. The molecule has 7 aromatic carbocycles. The van der Waals surface area contributed by atoms with Crippen molar-refractivity contribution in [2.75, 3.05) is 0 Å². The van der Waals surface area contributed by atoms with Crippen LogP contribution in [-0.4, -0.2) is 4.57 Å². The Labute approximate surface area is 243 Å². The summed E-state index contributed by atoms with van der Waals surface area (Å²) in [7, 11) is 0. The molecule has 0 radical (unpaired) electrons. The van der Waals surface area contributed by atoms with Crippen molar-refractivity contribution in [1.29, 1.82) is 0 Å². The Morgan fingerprint density at radius 3 is 2.02 bits per heavy atom. The van der Waals surface area contributed by atoms with Gasteiger partial charge >= 0.3 is 0 Å². The molecule has 196 valence electrons. The van der Waals surface area contributed by atoms with Gasteiger partial charge in [0.2, 0.25) is 0 Å². The molecule has 0 aliphatic carbocycles. The topological polar surface area (TPSA) is 14.2 Å². The summed E-state index contributed by atoms with van der Waals surface area (Å²) in [5.74, 6) is 1.83. The number of para-hydroxylation sites is 2. The van der Waals surface area contributed by atoms with Gasteiger partial charge in [0.1, 0.15) is 11.5 Å². The molecule has 9 rings (SSSR count). The SMILES string of the molecule is c1ccc(-c2ccc(-n3c4ccccc4c4cc(-c5cc6c7c(cccc7c5)Oc5ccccc5-6)ccc43)cc2)cc1. The first kappa shape index (κ1) is 23.1. The lowest BCUT2D eigenvalue weighted by Crippen LogP contribution is -1.97. The van der Waals surface area contributed by atoms with Crippen LogP contribution in [0.1, 0.15) is 0 Å². The zero-order valence-electron chi connectivity index (χ0n) is 22.8. The maximum atomic E-state index is 6.28. The third kappa shape index (κ3) is 3.45. The molecule has 1 aliphatic heterocycles. The zero-order valence-corrected chi connectivity index (χ0v) is 22.8. The maximum Gasteiger partial charge on any atom is 0.135 e. The van der Waals surface area contributed by atoms with Gasteiger partial charge in [-0.2, -0.15) is 0 Å². The fraction of sp³-hybridized carbons (Fsp3) is 0. The number of rotatable bonds is 3. The lowest BCUT2D eigenvalue weighted by Gasteiger charge is -2.22. The number of hydrogen-bond acceptors (Lipinski definition) is 1. The fourth-order valence-electron chi connectivity index (χ4n) is 6.62. The molecule has 2 nitrogen and oxygen atoms in total. The van der Waals surface area contributed by atoms with Gasteiger partial charge in [-0.25, -0.2) is 0 Å². The largest absolute Gasteiger partial charge is 0.456 e. The zero-order chi connectivity index (χ0) is 27.6. The highest BCUT2D eigenvalue weighted by Crippen LogP contribution is 2.48. The third-order valence-corrected chi connectivity index (χ3v) is 8.57. The minimum Gasteiger partial charge on any atom is -0.456 e. The van der Waals surface area contributed by atoms with Gasteiger partial charge in [0, 0.05) is 27.4 Å². The summed E-state index contributed by atoms with van der Waals surface area (Å²) in [6.45, 7) is 0. The van der Waals surface area contributed by atoms with Crippen LogP contribution < -0.4 is 4.74 Å². The lowest BCUT2D eigenvalue weighted by molar-refractivity contribution is 0.487. The maximum absolute atomic E-state index is 6.28. The molecular weight excluding hydrogens is 510 g/mol. The minimum absolute atomic E-state index is 0.909. The summed E-state index contributed by atoms with van der Waals surface area (Å²) in [6.07, 6.45) is 0. The molecule has 0 spiro atoms. The minimum atomic E-state index is 0.909. The molecule has 2 heteroatoms. The Hall–Kier alpha value is -5.60. The van der Waals surface area contributed by atoms with E-state index in [1.165, 1.54) is 60.4 Å². The van der Waals surface area contributed by atoms with E-state index in [2.05, 4.69) is 150 Å². The standard InChI is InChI=1S/C40H25NO/c1-2-9-26(10-3-1)27-17-20-31(21-18-27)41-36-14-6-4-12-32(36)34-24-28(19-22-37(34)41)30-23-29-11-8-16-39-40(29)35(25-30)33-13-5-7-15-38(33)42-39/h1-25H. The van der Waals surface area contributed by atoms with Crippen LogP contribution >= 0.6 is 0 Å². The first-order chi connectivity index (χ1) is 20.8. The first-order valence-corrected chi connectivity index (χ1v) is 14.4. The molecule has 1 aliphatic rings.